The SMILES string of the molecule is CCCCn1cc[n+](C)c1.CCCCn1cc[n+](C)c1.CCCCn1cc[n+](C)c1.CCCCn1cc[n+](C)c1.CCCCn1cc[n+](C)c1.CCCCn1cc[n+](C)c1.CCCCn1cc[n+](C)c1.CCCCn1cc[n+](C)c1.CCCCn1cc[n+](C)c1.CCCCn1cc[n+](C)c1.CCCCn1cc[n+](C)c1.CCCCn1cc[n+](C)c1.[O-]B([O-])[O-].[O-]B([O-])[O-].[O-]B([O-])[O-].[O-]B([O-])[O-]. The number of nitrogens with zero attached hydrogens (tertiary/aromatic N) is 24. The van der Waals surface area contributed by atoms with Crippen LogP contribution in [0.3, 0.4) is 0 Å². The lowest BCUT2D eigenvalue weighted by Gasteiger charge is -2.35. The van der Waals surface area contributed by atoms with E-state index >= 15 is 0 Å². The van der Waals surface area contributed by atoms with Gasteiger partial charge in [-0.1, -0.05) is 160 Å². The van der Waals surface area contributed by atoms with E-state index in [-0.39, 0.29) is 0 Å². The molecule has 136 heavy (non-hydrogen) atoms. The molecule has 40 heteroatoms. The lowest BCUT2D eigenvalue weighted by molar-refractivity contribution is -0.671. The normalized spacial score (nSPS) is 9.79. The molecule has 0 aromatic carbocycles. The van der Waals surface area contributed by atoms with Gasteiger partial charge in [-0.2, -0.15) is 0 Å². The largest absolute Gasteiger partial charge is 0.907 e. The number of imidazole rings is 12. The van der Waals surface area contributed by atoms with Gasteiger partial charge in [-0.3, -0.25) is 29.3 Å². The Hall–Kier alpha value is -9.70. The summed E-state index contributed by atoms with van der Waals surface area (Å²) in [4.78, 5) is 0. The first kappa shape index (κ1) is 133. The highest BCUT2D eigenvalue weighted by Gasteiger charge is 2.06. The zero-order chi connectivity index (χ0) is 103. The summed E-state index contributed by atoms with van der Waals surface area (Å²) in [5, 5.41) is 101. The van der Waals surface area contributed by atoms with Gasteiger partial charge in [0.25, 0.3) is 0 Å². The van der Waals surface area contributed by atoms with E-state index in [4.69, 9.17) is 60.3 Å². The highest BCUT2D eigenvalue weighted by molar-refractivity contribution is 6.24. The second-order valence-electron chi connectivity index (χ2n) is 33.2. The van der Waals surface area contributed by atoms with Gasteiger partial charge in [-0.25, -0.2) is 110 Å². The smallest absolute Gasteiger partial charge is 0.243 e. The van der Waals surface area contributed by atoms with E-state index in [0.29, 0.717) is 0 Å². The molecule has 0 radical (unpaired) electrons. The van der Waals surface area contributed by atoms with Crippen LogP contribution in [0.15, 0.2) is 225 Å². The van der Waals surface area contributed by atoms with E-state index in [1.807, 2.05) is 84.6 Å². The summed E-state index contributed by atoms with van der Waals surface area (Å²) in [6, 6.07) is 0. The molecule has 0 aliphatic carbocycles. The van der Waals surface area contributed by atoms with Gasteiger partial charge in [0.1, 0.15) is 149 Å². The summed E-state index contributed by atoms with van der Waals surface area (Å²) in [7, 11) is 12.9. The van der Waals surface area contributed by atoms with Gasteiger partial charge in [-0.15, -0.1) is 0 Å². The van der Waals surface area contributed by atoms with Crippen LogP contribution in [-0.4, -0.2) is 84.1 Å². The van der Waals surface area contributed by atoms with Crippen LogP contribution in [0, 0.1) is 0 Å². The van der Waals surface area contributed by atoms with Crippen molar-refractivity contribution in [3.63, 3.8) is 0 Å². The van der Waals surface area contributed by atoms with Gasteiger partial charge in [0.05, 0.1) is 163 Å². The number of hydrogen-bond acceptors (Lipinski definition) is 12. The first-order valence-corrected chi connectivity index (χ1v) is 48.9. The molecule has 0 unspecified atom stereocenters. The topological polar surface area (TPSA) is 382 Å². The first-order valence-electron chi connectivity index (χ1n) is 48.9. The molecule has 0 N–H and O–H groups in total. The maximum absolute atomic E-state index is 8.42. The standard InChI is InChI=1S/12C8H15N2.4BO3/c12*1-3-4-5-10-7-6-9(2)8-10;4*2-1(3)4/h12*6-8H,3-5H2,1-2H3;;;;/q12*+1;4*-3. The number of aromatic nitrogens is 24. The fourth-order valence-electron chi connectivity index (χ4n) is 11.7. The molecule has 0 spiro atoms. The summed E-state index contributed by atoms with van der Waals surface area (Å²) >= 11 is 0. The van der Waals surface area contributed by atoms with Gasteiger partial charge >= 0.3 is 0 Å². The van der Waals surface area contributed by atoms with Crippen LogP contribution >= 0.6 is 0 Å². The zero-order valence-electron chi connectivity index (χ0n) is 88.2. The monoisotopic (exact) mass is 1910 g/mol. The molecule has 0 fully saturated rings. The van der Waals surface area contributed by atoms with Crippen LogP contribution in [0.2, 0.25) is 0 Å². The van der Waals surface area contributed by atoms with Crippen LogP contribution in [0.5, 0.6) is 0 Å². The highest BCUT2D eigenvalue weighted by atomic mass is 16.5. The molecule has 0 amide bonds. The number of rotatable bonds is 36. The predicted molar refractivity (Wildman–Crippen MR) is 509 cm³/mol. The Morgan fingerprint density at radius 1 is 0.140 bits per heavy atom. The Balaban J connectivity index is -0.000000689. The molecule has 12 aromatic rings. The maximum Gasteiger partial charge on any atom is 0.243 e. The van der Waals surface area contributed by atoms with Gasteiger partial charge in [0.2, 0.25) is 75.9 Å². The van der Waals surface area contributed by atoms with Crippen molar-refractivity contribution < 1.29 is 115 Å². The second-order valence-corrected chi connectivity index (χ2v) is 33.2. The quantitative estimate of drug-likeness (QED) is 0.0292. The summed E-state index contributed by atoms with van der Waals surface area (Å²) < 4.78 is 51.3. The fraction of sp³-hybridized carbons (Fsp3) is 0.625. The van der Waals surface area contributed by atoms with E-state index in [0.717, 1.165) is 78.5 Å². The number of unbranched alkanes of at least 4 members (excludes halogenated alkanes) is 12. The van der Waals surface area contributed by atoms with Crippen molar-refractivity contribution in [3.8, 4) is 0 Å². The van der Waals surface area contributed by atoms with Gasteiger partial charge in [0, 0.05) is 0 Å². The van der Waals surface area contributed by atoms with Gasteiger partial charge in [0.15, 0.2) is 0 Å². The summed E-state index contributed by atoms with van der Waals surface area (Å²) in [5.74, 6) is 0. The third-order valence-electron chi connectivity index (χ3n) is 19.1. The van der Waals surface area contributed by atoms with Crippen molar-refractivity contribution in [2.45, 2.75) is 316 Å². The number of hydrogen-bond donors (Lipinski definition) is 0. The molecule has 0 bridgehead atoms. The van der Waals surface area contributed by atoms with Crippen molar-refractivity contribution in [1.82, 2.24) is 54.8 Å². The van der Waals surface area contributed by atoms with Crippen LogP contribution in [0.25, 0.3) is 0 Å². The minimum absolute atomic E-state index is 1.15. The molecular formula is C96H180B4N24O12. The fourth-order valence-corrected chi connectivity index (χ4v) is 11.7. The molecule has 36 nitrogen and oxygen atoms in total. The van der Waals surface area contributed by atoms with Crippen LogP contribution in [0.4, 0.5) is 0 Å². The van der Waals surface area contributed by atoms with Crippen molar-refractivity contribution in [2.75, 3.05) is 0 Å². The lowest BCUT2D eigenvalue weighted by Crippen LogP contribution is -2.56. The molecule has 12 heterocycles. The van der Waals surface area contributed by atoms with Crippen LogP contribution in [-0.2, 0) is 163 Å². The summed E-state index contributed by atoms with van der Waals surface area (Å²) in [6.45, 7) is 40.3. The molecule has 0 saturated heterocycles. The Kier molecular flexibility index (Phi) is 88.2. The summed E-state index contributed by atoms with van der Waals surface area (Å²) in [6.07, 6.45) is 106. The second kappa shape index (κ2) is 90.4. The molecule has 0 aliphatic rings. The van der Waals surface area contributed by atoms with Gasteiger partial charge < -0.3 is 60.3 Å². The molecule has 0 saturated carbocycles. The van der Waals surface area contributed by atoms with E-state index in [1.165, 1.54) is 154 Å². The van der Waals surface area contributed by atoms with E-state index in [9.17, 15) is 0 Å². The van der Waals surface area contributed by atoms with Crippen LogP contribution in [0.1, 0.15) is 237 Å². The molecule has 0 atom stereocenters. The minimum Gasteiger partial charge on any atom is -0.907 e. The molecule has 0 aliphatic heterocycles. The Labute approximate surface area is 819 Å². The highest BCUT2D eigenvalue weighted by Crippen LogP contribution is 2.01. The zero-order valence-corrected chi connectivity index (χ0v) is 88.2. The number of aryl methyl sites for hydroxylation is 24. The molecule has 768 valence electrons. The average Bonchev–Trinajstić information content (AvgIpc) is 1.91. The summed E-state index contributed by atoms with van der Waals surface area (Å²) in [5.41, 5.74) is 0. The predicted octanol–water partition coefficient (Wildman–Crippen LogP) is -2.44. The molecule has 12 rings (SSSR count). The Bertz CT molecular complexity index is 3510. The van der Waals surface area contributed by atoms with Crippen molar-refractivity contribution in [3.05, 3.63) is 225 Å². The van der Waals surface area contributed by atoms with Crippen molar-refractivity contribution in [2.24, 2.45) is 84.6 Å². The average molecular weight is 1910 g/mol. The van der Waals surface area contributed by atoms with E-state index in [2.05, 4.69) is 417 Å². The molecule has 12 aromatic heterocycles. The third-order valence-corrected chi connectivity index (χ3v) is 19.1. The molecular weight excluding hydrogens is 1720 g/mol. The van der Waals surface area contributed by atoms with E-state index < -0.39 is 29.3 Å². The maximum atomic E-state index is 8.42. The first-order chi connectivity index (χ1) is 64.8. The van der Waals surface area contributed by atoms with Crippen LogP contribution < -0.4 is 115 Å². The van der Waals surface area contributed by atoms with Crippen molar-refractivity contribution in [1.29, 1.82) is 0 Å². The minimum atomic E-state index is -2.92. The Morgan fingerprint density at radius 3 is 0.235 bits per heavy atom. The third kappa shape index (κ3) is 88.3. The van der Waals surface area contributed by atoms with E-state index in [1.54, 1.807) is 0 Å². The lowest BCUT2D eigenvalue weighted by atomic mass is 10.3. The van der Waals surface area contributed by atoms with Crippen molar-refractivity contribution >= 4 is 29.3 Å². The Morgan fingerprint density at radius 2 is 0.199 bits per heavy atom. The van der Waals surface area contributed by atoms with Gasteiger partial charge in [-0.05, 0) is 77.0 Å².